The van der Waals surface area contributed by atoms with E-state index in [1.165, 1.54) is 28.6 Å². The highest BCUT2D eigenvalue weighted by molar-refractivity contribution is 7.88. The van der Waals surface area contributed by atoms with E-state index in [1.54, 1.807) is 0 Å². The molecule has 2 saturated heterocycles. The topological polar surface area (TPSA) is 78.5 Å². The van der Waals surface area contributed by atoms with Gasteiger partial charge in [0.15, 0.2) is 0 Å². The Hall–Kier alpha value is -1.51. The fourth-order valence-corrected chi connectivity index (χ4v) is 5.25. The number of carbonyl (C=O) groups is 1. The van der Waals surface area contributed by atoms with Crippen LogP contribution in [0.4, 0.5) is 4.39 Å². The number of nitrogens with zero attached hydrogens (tertiary/aromatic N) is 1. The van der Waals surface area contributed by atoms with Gasteiger partial charge in [-0.25, -0.2) is 17.1 Å². The van der Waals surface area contributed by atoms with Crippen molar-refractivity contribution in [3.05, 3.63) is 35.6 Å². The third-order valence-corrected chi connectivity index (χ3v) is 6.90. The largest absolute Gasteiger partial charge is 0.354 e. The molecule has 3 rings (SSSR count). The Labute approximate surface area is 154 Å². The van der Waals surface area contributed by atoms with Gasteiger partial charge in [0.1, 0.15) is 5.82 Å². The maximum atomic E-state index is 13.0. The molecule has 0 aromatic heterocycles. The zero-order valence-corrected chi connectivity index (χ0v) is 15.6. The minimum absolute atomic E-state index is 0.00814. The van der Waals surface area contributed by atoms with Gasteiger partial charge in [0.2, 0.25) is 15.9 Å². The Morgan fingerprint density at radius 3 is 2.69 bits per heavy atom. The molecule has 144 valence electrons. The van der Waals surface area contributed by atoms with Crippen molar-refractivity contribution in [2.75, 3.05) is 26.2 Å². The van der Waals surface area contributed by atoms with Crippen molar-refractivity contribution in [3.8, 4) is 0 Å². The average molecular weight is 383 g/mol. The molecule has 0 bridgehead atoms. The summed E-state index contributed by atoms with van der Waals surface area (Å²) in [4.78, 5) is 12.1. The van der Waals surface area contributed by atoms with Gasteiger partial charge in [-0.3, -0.25) is 4.79 Å². The summed E-state index contributed by atoms with van der Waals surface area (Å²) in [5, 5.41) is 6.12. The lowest BCUT2D eigenvalue weighted by molar-refractivity contribution is -0.123. The maximum absolute atomic E-state index is 13.0. The van der Waals surface area contributed by atoms with E-state index < -0.39 is 10.0 Å². The van der Waals surface area contributed by atoms with Crippen LogP contribution in [0.3, 0.4) is 0 Å². The van der Waals surface area contributed by atoms with Crippen LogP contribution in [0.25, 0.3) is 0 Å². The predicted octanol–water partition coefficient (Wildman–Crippen LogP) is 1.24. The first-order valence-corrected chi connectivity index (χ1v) is 10.8. The average Bonchev–Trinajstić information content (AvgIpc) is 3.16. The number of halogens is 1. The summed E-state index contributed by atoms with van der Waals surface area (Å²) in [6.45, 7) is 2.29. The molecule has 2 atom stereocenters. The van der Waals surface area contributed by atoms with Crippen LogP contribution in [-0.2, 0) is 20.6 Å². The van der Waals surface area contributed by atoms with Crippen molar-refractivity contribution in [1.29, 1.82) is 0 Å². The van der Waals surface area contributed by atoms with Gasteiger partial charge in [0.25, 0.3) is 0 Å². The molecule has 8 heteroatoms. The highest BCUT2D eigenvalue weighted by Crippen LogP contribution is 2.21. The van der Waals surface area contributed by atoms with Crippen molar-refractivity contribution >= 4 is 15.9 Å². The number of hydrogen-bond acceptors (Lipinski definition) is 4. The maximum Gasteiger partial charge on any atom is 0.237 e. The lowest BCUT2D eigenvalue weighted by Crippen LogP contribution is -2.46. The van der Waals surface area contributed by atoms with Gasteiger partial charge in [-0.2, -0.15) is 0 Å². The van der Waals surface area contributed by atoms with Gasteiger partial charge >= 0.3 is 0 Å². The second-order valence-electron chi connectivity index (χ2n) is 7.14. The SMILES string of the molecule is O=C(NCC1CCCN(S(=O)(=O)Cc2ccc(F)cc2)C1)C1CCCN1. The minimum atomic E-state index is -3.45. The molecule has 2 aliphatic rings. The molecular formula is C18H26FN3O3S. The van der Waals surface area contributed by atoms with Gasteiger partial charge in [-0.15, -0.1) is 0 Å². The molecule has 2 N–H and O–H groups in total. The van der Waals surface area contributed by atoms with Crippen LogP contribution in [0.1, 0.15) is 31.2 Å². The van der Waals surface area contributed by atoms with E-state index in [0.29, 0.717) is 25.2 Å². The Morgan fingerprint density at radius 1 is 1.23 bits per heavy atom. The Kier molecular flexibility index (Phi) is 6.26. The molecule has 2 unspecified atom stereocenters. The van der Waals surface area contributed by atoms with Crippen LogP contribution >= 0.6 is 0 Å². The molecule has 0 radical (unpaired) electrons. The van der Waals surface area contributed by atoms with Crippen LogP contribution in [0, 0.1) is 11.7 Å². The standard InChI is InChI=1S/C18H26FN3O3S/c19-16-7-5-14(6-8-16)13-26(24,25)22-10-2-3-15(12-22)11-21-18(23)17-4-1-9-20-17/h5-8,15,17,20H,1-4,9-13H2,(H,21,23). The summed E-state index contributed by atoms with van der Waals surface area (Å²) in [6.07, 6.45) is 3.55. The van der Waals surface area contributed by atoms with E-state index >= 15 is 0 Å². The van der Waals surface area contributed by atoms with Crippen LogP contribution in [0.2, 0.25) is 0 Å². The van der Waals surface area contributed by atoms with Crippen LogP contribution in [0.5, 0.6) is 0 Å². The molecular weight excluding hydrogens is 357 g/mol. The molecule has 0 saturated carbocycles. The van der Waals surface area contributed by atoms with E-state index in [-0.39, 0.29) is 29.4 Å². The second kappa shape index (κ2) is 8.45. The highest BCUT2D eigenvalue weighted by Gasteiger charge is 2.30. The fraction of sp³-hybridized carbons (Fsp3) is 0.611. The van der Waals surface area contributed by atoms with Crippen molar-refractivity contribution in [2.45, 2.75) is 37.5 Å². The van der Waals surface area contributed by atoms with Crippen molar-refractivity contribution in [3.63, 3.8) is 0 Å². The van der Waals surface area contributed by atoms with Gasteiger partial charge in [-0.1, -0.05) is 12.1 Å². The number of rotatable bonds is 6. The molecule has 2 heterocycles. The van der Waals surface area contributed by atoms with Crippen molar-refractivity contribution in [1.82, 2.24) is 14.9 Å². The third-order valence-electron chi connectivity index (χ3n) is 5.08. The molecule has 1 aromatic carbocycles. The molecule has 2 fully saturated rings. The summed E-state index contributed by atoms with van der Waals surface area (Å²) < 4.78 is 39.8. The summed E-state index contributed by atoms with van der Waals surface area (Å²) in [5.41, 5.74) is 0.578. The summed E-state index contributed by atoms with van der Waals surface area (Å²) >= 11 is 0. The number of nitrogens with one attached hydrogen (secondary N) is 2. The zero-order valence-electron chi connectivity index (χ0n) is 14.8. The van der Waals surface area contributed by atoms with E-state index in [4.69, 9.17) is 0 Å². The lowest BCUT2D eigenvalue weighted by Gasteiger charge is -2.32. The van der Waals surface area contributed by atoms with Gasteiger partial charge in [0.05, 0.1) is 11.8 Å². The first-order chi connectivity index (χ1) is 12.4. The smallest absolute Gasteiger partial charge is 0.237 e. The Bertz CT molecular complexity index is 718. The second-order valence-corrected chi connectivity index (χ2v) is 9.11. The number of hydrogen-bond donors (Lipinski definition) is 2. The Balaban J connectivity index is 1.53. The number of benzene rings is 1. The first-order valence-electron chi connectivity index (χ1n) is 9.17. The van der Waals surface area contributed by atoms with Crippen LogP contribution in [0.15, 0.2) is 24.3 Å². The van der Waals surface area contributed by atoms with E-state index in [2.05, 4.69) is 10.6 Å². The number of sulfonamides is 1. The van der Waals surface area contributed by atoms with E-state index in [0.717, 1.165) is 32.2 Å². The van der Waals surface area contributed by atoms with Gasteiger partial charge in [-0.05, 0) is 55.8 Å². The lowest BCUT2D eigenvalue weighted by atomic mass is 9.99. The van der Waals surface area contributed by atoms with Gasteiger partial charge in [0, 0.05) is 19.6 Å². The van der Waals surface area contributed by atoms with Crippen LogP contribution in [-0.4, -0.2) is 50.9 Å². The molecule has 6 nitrogen and oxygen atoms in total. The normalized spacial score (nSPS) is 24.5. The molecule has 0 aliphatic carbocycles. The number of piperidine rings is 1. The predicted molar refractivity (Wildman–Crippen MR) is 97.4 cm³/mol. The van der Waals surface area contributed by atoms with E-state index in [1.807, 2.05) is 0 Å². The zero-order chi connectivity index (χ0) is 18.6. The molecule has 1 amide bonds. The van der Waals surface area contributed by atoms with Gasteiger partial charge < -0.3 is 10.6 Å². The molecule has 0 spiro atoms. The van der Waals surface area contributed by atoms with Crippen molar-refractivity contribution < 1.29 is 17.6 Å². The van der Waals surface area contributed by atoms with E-state index in [9.17, 15) is 17.6 Å². The summed E-state index contributed by atoms with van der Waals surface area (Å²) in [5.74, 6) is -0.374. The summed E-state index contributed by atoms with van der Waals surface area (Å²) in [7, 11) is -3.45. The first kappa shape index (κ1) is 19.3. The fourth-order valence-electron chi connectivity index (χ4n) is 3.61. The highest BCUT2D eigenvalue weighted by atomic mass is 32.2. The summed E-state index contributed by atoms with van der Waals surface area (Å²) in [6, 6.07) is 5.44. The monoisotopic (exact) mass is 383 g/mol. The molecule has 2 aliphatic heterocycles. The quantitative estimate of drug-likeness (QED) is 0.775. The number of carbonyl (C=O) groups excluding carboxylic acids is 1. The van der Waals surface area contributed by atoms with Crippen LogP contribution < -0.4 is 10.6 Å². The Morgan fingerprint density at radius 2 is 2.00 bits per heavy atom. The third kappa shape index (κ3) is 5.02. The molecule has 26 heavy (non-hydrogen) atoms. The van der Waals surface area contributed by atoms with Crippen molar-refractivity contribution in [2.24, 2.45) is 5.92 Å². The number of amides is 1. The molecule has 1 aromatic rings. The minimum Gasteiger partial charge on any atom is -0.354 e.